The maximum Gasteiger partial charge on any atom is 0.220 e. The van der Waals surface area contributed by atoms with Crippen molar-refractivity contribution in [1.29, 1.82) is 0 Å². The third-order valence-corrected chi connectivity index (χ3v) is 6.23. The van der Waals surface area contributed by atoms with Crippen LogP contribution in [0, 0.1) is 5.82 Å². The van der Waals surface area contributed by atoms with Gasteiger partial charge in [0.15, 0.2) is 0 Å². The average molecular weight is 414 g/mol. The van der Waals surface area contributed by atoms with Gasteiger partial charge in [-0.1, -0.05) is 24.3 Å². The Labute approximate surface area is 173 Å². The number of fused-ring (bicyclic) bond motifs is 1. The second-order valence-electron chi connectivity index (χ2n) is 7.10. The molecule has 0 radical (unpaired) electrons. The van der Waals surface area contributed by atoms with Gasteiger partial charge in [0.25, 0.3) is 0 Å². The summed E-state index contributed by atoms with van der Waals surface area (Å²) in [4.78, 5) is 19.3. The second kappa shape index (κ2) is 9.43. The molecule has 7 heteroatoms. The zero-order valence-corrected chi connectivity index (χ0v) is 17.0. The molecule has 1 aliphatic heterocycles. The van der Waals surface area contributed by atoms with Crippen molar-refractivity contribution in [3.05, 3.63) is 64.9 Å². The van der Waals surface area contributed by atoms with E-state index in [4.69, 9.17) is 4.74 Å². The average Bonchev–Trinajstić information content (AvgIpc) is 3.17. The van der Waals surface area contributed by atoms with Crippen molar-refractivity contribution in [2.45, 2.75) is 18.9 Å². The Hall–Kier alpha value is -2.35. The number of hydrogen-bond acceptors (Lipinski definition) is 5. The lowest BCUT2D eigenvalue weighted by molar-refractivity contribution is -0.121. The number of carbonyl (C=O) groups is 1. The number of amides is 1. The lowest BCUT2D eigenvalue weighted by Crippen LogP contribution is -2.43. The largest absolute Gasteiger partial charge is 0.379 e. The van der Waals surface area contributed by atoms with E-state index in [9.17, 15) is 9.18 Å². The van der Waals surface area contributed by atoms with Gasteiger partial charge in [0, 0.05) is 32.5 Å². The molecule has 1 amide bonds. The van der Waals surface area contributed by atoms with Crippen LogP contribution in [0.5, 0.6) is 0 Å². The van der Waals surface area contributed by atoms with Crippen molar-refractivity contribution in [1.82, 2.24) is 15.2 Å². The van der Waals surface area contributed by atoms with Crippen LogP contribution in [0.25, 0.3) is 10.2 Å². The molecular formula is C22H24FN3O2S. The molecule has 3 aromatic rings. The molecule has 1 fully saturated rings. The van der Waals surface area contributed by atoms with Crippen molar-refractivity contribution in [2.24, 2.45) is 0 Å². The molecule has 152 valence electrons. The molecule has 1 aromatic heterocycles. The molecule has 4 rings (SSSR count). The van der Waals surface area contributed by atoms with Gasteiger partial charge in [-0.15, -0.1) is 11.3 Å². The summed E-state index contributed by atoms with van der Waals surface area (Å²) >= 11 is 1.64. The van der Waals surface area contributed by atoms with Gasteiger partial charge < -0.3 is 10.1 Å². The van der Waals surface area contributed by atoms with Crippen molar-refractivity contribution >= 4 is 27.5 Å². The van der Waals surface area contributed by atoms with Gasteiger partial charge in [-0.3, -0.25) is 9.69 Å². The van der Waals surface area contributed by atoms with E-state index in [0.717, 1.165) is 33.9 Å². The highest BCUT2D eigenvalue weighted by Gasteiger charge is 2.23. The Kier molecular flexibility index (Phi) is 6.49. The zero-order chi connectivity index (χ0) is 20.1. The van der Waals surface area contributed by atoms with Crippen LogP contribution in [-0.2, 0) is 16.0 Å². The van der Waals surface area contributed by atoms with Gasteiger partial charge in [0.1, 0.15) is 5.82 Å². The van der Waals surface area contributed by atoms with Gasteiger partial charge in [0.2, 0.25) is 5.91 Å². The number of thiazole rings is 1. The monoisotopic (exact) mass is 413 g/mol. The quantitative estimate of drug-likeness (QED) is 0.644. The number of morpholine rings is 1. The Morgan fingerprint density at radius 2 is 1.93 bits per heavy atom. The fourth-order valence-electron chi connectivity index (χ4n) is 3.58. The molecule has 1 N–H and O–H groups in total. The summed E-state index contributed by atoms with van der Waals surface area (Å²) < 4.78 is 19.9. The van der Waals surface area contributed by atoms with E-state index in [2.05, 4.69) is 15.2 Å². The fraction of sp³-hybridized carbons (Fsp3) is 0.364. The highest BCUT2D eigenvalue weighted by molar-refractivity contribution is 7.18. The molecule has 5 nitrogen and oxygen atoms in total. The van der Waals surface area contributed by atoms with E-state index in [1.165, 1.54) is 12.1 Å². The fourth-order valence-corrected chi connectivity index (χ4v) is 4.54. The summed E-state index contributed by atoms with van der Waals surface area (Å²) in [5.74, 6) is -0.251. The van der Waals surface area contributed by atoms with Gasteiger partial charge in [-0.05, 0) is 29.8 Å². The smallest absolute Gasteiger partial charge is 0.220 e. The Bertz CT molecular complexity index is 921. The van der Waals surface area contributed by atoms with Crippen LogP contribution in [0.15, 0.2) is 48.5 Å². The molecular weight excluding hydrogens is 389 g/mol. The van der Waals surface area contributed by atoms with E-state index in [1.54, 1.807) is 23.5 Å². The summed E-state index contributed by atoms with van der Waals surface area (Å²) in [6.07, 6.45) is 1.03. The van der Waals surface area contributed by atoms with Gasteiger partial charge in [0.05, 0.1) is 34.5 Å². The van der Waals surface area contributed by atoms with Crippen LogP contribution in [0.3, 0.4) is 0 Å². The lowest BCUT2D eigenvalue weighted by atomic mass is 10.0. The molecule has 2 aromatic carbocycles. The predicted octanol–water partition coefficient (Wildman–Crippen LogP) is 3.56. The SMILES string of the molecule is O=C(CCc1nc2ccccc2s1)NC[C@H](c1ccc(F)cc1)N1CCOCC1. The number of aromatic nitrogens is 1. The minimum absolute atomic E-state index is 0.00428. The number of aryl methyl sites for hydroxylation is 1. The topological polar surface area (TPSA) is 54.5 Å². The van der Waals surface area contributed by atoms with E-state index >= 15 is 0 Å². The maximum absolute atomic E-state index is 13.3. The normalized spacial score (nSPS) is 16.0. The highest BCUT2D eigenvalue weighted by atomic mass is 32.1. The van der Waals surface area contributed by atoms with Crippen LogP contribution in [0.4, 0.5) is 4.39 Å². The number of nitrogens with zero attached hydrogens (tertiary/aromatic N) is 2. The zero-order valence-electron chi connectivity index (χ0n) is 16.1. The summed E-state index contributed by atoms with van der Waals surface area (Å²) in [7, 11) is 0. The minimum Gasteiger partial charge on any atom is -0.379 e. The first-order valence-electron chi connectivity index (χ1n) is 9.87. The third-order valence-electron chi connectivity index (χ3n) is 5.14. The second-order valence-corrected chi connectivity index (χ2v) is 8.21. The summed E-state index contributed by atoms with van der Waals surface area (Å²) in [5, 5.41) is 4.04. The molecule has 2 heterocycles. The molecule has 1 saturated heterocycles. The number of nitrogens with one attached hydrogen (secondary N) is 1. The first-order chi connectivity index (χ1) is 14.2. The van der Waals surface area contributed by atoms with Crippen LogP contribution in [0.1, 0.15) is 23.0 Å². The number of ether oxygens (including phenoxy) is 1. The maximum atomic E-state index is 13.3. The first kappa shape index (κ1) is 19.9. The van der Waals surface area contributed by atoms with Crippen LogP contribution < -0.4 is 5.32 Å². The summed E-state index contributed by atoms with van der Waals surface area (Å²) in [6.45, 7) is 3.42. The number of para-hydroxylation sites is 1. The third kappa shape index (κ3) is 5.18. The van der Waals surface area contributed by atoms with Crippen molar-refractivity contribution in [3.63, 3.8) is 0 Å². The van der Waals surface area contributed by atoms with E-state index in [0.29, 0.717) is 32.6 Å². The lowest BCUT2D eigenvalue weighted by Gasteiger charge is -2.35. The number of hydrogen-bond donors (Lipinski definition) is 1. The highest BCUT2D eigenvalue weighted by Crippen LogP contribution is 2.23. The molecule has 29 heavy (non-hydrogen) atoms. The molecule has 0 spiro atoms. The molecule has 0 saturated carbocycles. The molecule has 0 bridgehead atoms. The van der Waals surface area contributed by atoms with Gasteiger partial charge in [-0.2, -0.15) is 0 Å². The number of halogens is 1. The Morgan fingerprint density at radius 3 is 2.69 bits per heavy atom. The van der Waals surface area contributed by atoms with E-state index < -0.39 is 0 Å². The van der Waals surface area contributed by atoms with Crippen molar-refractivity contribution in [3.8, 4) is 0 Å². The van der Waals surface area contributed by atoms with Crippen LogP contribution >= 0.6 is 11.3 Å². The first-order valence-corrected chi connectivity index (χ1v) is 10.7. The van der Waals surface area contributed by atoms with Crippen LogP contribution in [0.2, 0.25) is 0 Å². The van der Waals surface area contributed by atoms with Crippen molar-refractivity contribution < 1.29 is 13.9 Å². The Morgan fingerprint density at radius 1 is 1.17 bits per heavy atom. The number of carbonyl (C=O) groups excluding carboxylic acids is 1. The predicted molar refractivity (Wildman–Crippen MR) is 112 cm³/mol. The number of rotatable bonds is 7. The Balaban J connectivity index is 1.35. The molecule has 1 atom stereocenters. The molecule has 1 aliphatic rings. The summed E-state index contributed by atoms with van der Waals surface area (Å²) in [6, 6.07) is 14.5. The van der Waals surface area contributed by atoms with E-state index in [1.807, 2.05) is 24.3 Å². The van der Waals surface area contributed by atoms with Crippen molar-refractivity contribution in [2.75, 3.05) is 32.8 Å². The van der Waals surface area contributed by atoms with Gasteiger partial charge >= 0.3 is 0 Å². The van der Waals surface area contributed by atoms with Crippen LogP contribution in [-0.4, -0.2) is 48.6 Å². The van der Waals surface area contributed by atoms with E-state index in [-0.39, 0.29) is 17.8 Å². The molecule has 0 unspecified atom stereocenters. The summed E-state index contributed by atoms with van der Waals surface area (Å²) in [5.41, 5.74) is 1.98. The minimum atomic E-state index is -0.255. The number of benzene rings is 2. The van der Waals surface area contributed by atoms with Gasteiger partial charge in [-0.25, -0.2) is 9.37 Å². The standard InChI is InChI=1S/C22H24FN3O2S/c23-17-7-5-16(6-8-17)19(26-11-13-28-14-12-26)15-24-21(27)9-10-22-25-18-3-1-2-4-20(18)29-22/h1-8,19H,9-15H2,(H,24,27)/t19-/m1/s1. The molecule has 0 aliphatic carbocycles.